The van der Waals surface area contributed by atoms with Crippen LogP contribution in [-0.2, 0) is 17.8 Å². The predicted molar refractivity (Wildman–Crippen MR) is 93.0 cm³/mol. The van der Waals surface area contributed by atoms with Gasteiger partial charge < -0.3 is 4.90 Å². The van der Waals surface area contributed by atoms with E-state index < -0.39 is 0 Å². The molecule has 7 heteroatoms. The first-order valence-corrected chi connectivity index (χ1v) is 8.72. The quantitative estimate of drug-likeness (QED) is 0.736. The molecule has 24 heavy (non-hydrogen) atoms. The van der Waals surface area contributed by atoms with Gasteiger partial charge in [0.15, 0.2) is 0 Å². The molecule has 0 saturated carbocycles. The van der Waals surface area contributed by atoms with Gasteiger partial charge in [-0.3, -0.25) is 4.79 Å². The molecule has 0 fully saturated rings. The molecule has 0 N–H and O–H groups in total. The molecule has 1 aliphatic heterocycles. The van der Waals surface area contributed by atoms with Crippen molar-refractivity contribution in [1.82, 2.24) is 20.0 Å². The fraction of sp³-hybridized carbons (Fsp3) is 0.294. The van der Waals surface area contributed by atoms with E-state index >= 15 is 0 Å². The summed E-state index contributed by atoms with van der Waals surface area (Å²) >= 11 is 1.57. The van der Waals surface area contributed by atoms with E-state index in [1.165, 1.54) is 5.56 Å². The highest BCUT2D eigenvalue weighted by atomic mass is 32.1. The maximum Gasteiger partial charge on any atom is 0.249 e. The lowest BCUT2D eigenvalue weighted by Gasteiger charge is -2.22. The topological polar surface area (TPSA) is 63.9 Å². The Hall–Kier alpha value is -2.54. The lowest BCUT2D eigenvalue weighted by molar-refractivity contribution is -0.119. The Morgan fingerprint density at radius 1 is 1.33 bits per heavy atom. The number of anilines is 1. The van der Waals surface area contributed by atoms with Crippen molar-refractivity contribution < 1.29 is 4.79 Å². The smallest absolute Gasteiger partial charge is 0.249 e. The fourth-order valence-electron chi connectivity index (χ4n) is 3.13. The second kappa shape index (κ2) is 5.83. The Morgan fingerprint density at radius 3 is 2.96 bits per heavy atom. The lowest BCUT2D eigenvalue weighted by Crippen LogP contribution is -2.38. The minimum Gasteiger partial charge on any atom is -0.307 e. The van der Waals surface area contributed by atoms with E-state index in [0.717, 1.165) is 22.8 Å². The summed E-state index contributed by atoms with van der Waals surface area (Å²) in [6, 6.07) is 8.23. The number of hydrogen-bond acceptors (Lipinski definition) is 5. The number of hydrogen-bond donors (Lipinski definition) is 0. The van der Waals surface area contributed by atoms with E-state index in [1.807, 2.05) is 35.4 Å². The van der Waals surface area contributed by atoms with Crippen molar-refractivity contribution in [2.24, 2.45) is 0 Å². The van der Waals surface area contributed by atoms with Crippen LogP contribution in [0.4, 0.5) is 5.69 Å². The van der Waals surface area contributed by atoms with Gasteiger partial charge in [0.05, 0.1) is 11.2 Å². The van der Waals surface area contributed by atoms with Crippen molar-refractivity contribution >= 4 is 22.9 Å². The highest BCUT2D eigenvalue weighted by molar-refractivity contribution is 7.09. The molecule has 3 aromatic rings. The predicted octanol–water partition coefficient (Wildman–Crippen LogP) is 2.69. The summed E-state index contributed by atoms with van der Waals surface area (Å²) < 4.78 is 1.58. The number of nitrogens with zero attached hydrogens (tertiary/aromatic N) is 5. The van der Waals surface area contributed by atoms with E-state index in [9.17, 15) is 4.79 Å². The molecular formula is C17H17N5OS. The van der Waals surface area contributed by atoms with Crippen LogP contribution in [-0.4, -0.2) is 31.9 Å². The van der Waals surface area contributed by atoms with Gasteiger partial charge in [-0.1, -0.05) is 23.4 Å². The third-order valence-electron chi connectivity index (χ3n) is 4.19. The van der Waals surface area contributed by atoms with Crippen LogP contribution in [0.25, 0.3) is 11.4 Å². The first-order chi connectivity index (χ1) is 11.6. The lowest BCUT2D eigenvalue weighted by atomic mass is 10.1. The number of rotatable bonds is 3. The summed E-state index contributed by atoms with van der Waals surface area (Å²) in [7, 11) is 0. The van der Waals surface area contributed by atoms with Crippen LogP contribution in [0.5, 0.6) is 0 Å². The normalized spacial score (nSPS) is 16.4. The molecule has 1 aliphatic rings. The molecular weight excluding hydrogens is 322 g/mol. The summed E-state index contributed by atoms with van der Waals surface area (Å²) in [6.07, 6.45) is 2.67. The highest BCUT2D eigenvalue weighted by Gasteiger charge is 2.30. The summed E-state index contributed by atoms with van der Waals surface area (Å²) in [4.78, 5) is 19.0. The minimum atomic E-state index is 0.0263. The Bertz CT molecular complexity index is 900. The van der Waals surface area contributed by atoms with Crippen molar-refractivity contribution in [3.05, 3.63) is 46.4 Å². The number of carbonyl (C=O) groups is 1. The van der Waals surface area contributed by atoms with Gasteiger partial charge in [-0.2, -0.15) is 0 Å². The maximum atomic E-state index is 12.8. The molecule has 4 rings (SSSR count). The second-order valence-corrected chi connectivity index (χ2v) is 7.06. The van der Waals surface area contributed by atoms with E-state index in [1.54, 1.807) is 22.2 Å². The number of aromatic nitrogens is 4. The van der Waals surface area contributed by atoms with Gasteiger partial charge in [-0.15, -0.1) is 16.4 Å². The summed E-state index contributed by atoms with van der Waals surface area (Å²) in [5, 5.41) is 11.1. The zero-order valence-corrected chi connectivity index (χ0v) is 14.3. The van der Waals surface area contributed by atoms with Crippen molar-refractivity contribution in [2.75, 3.05) is 4.90 Å². The zero-order chi connectivity index (χ0) is 16.7. The molecule has 0 spiro atoms. The van der Waals surface area contributed by atoms with E-state index in [4.69, 9.17) is 0 Å². The number of fused-ring (bicyclic) bond motifs is 1. The SMILES string of the molecule is Cc1nc(-c2cn(CC(=O)N3c4ccccc4CC3C)nn2)cs1. The van der Waals surface area contributed by atoms with Crippen LogP contribution in [0.2, 0.25) is 0 Å². The Kier molecular flexibility index (Phi) is 3.65. The average molecular weight is 339 g/mol. The fourth-order valence-corrected chi connectivity index (χ4v) is 3.74. The number of thiazole rings is 1. The molecule has 1 aromatic carbocycles. The molecule has 0 aliphatic carbocycles. The van der Waals surface area contributed by atoms with Crippen molar-refractivity contribution in [2.45, 2.75) is 32.9 Å². The third kappa shape index (κ3) is 2.60. The van der Waals surface area contributed by atoms with Crippen molar-refractivity contribution in [3.8, 4) is 11.4 Å². The summed E-state index contributed by atoms with van der Waals surface area (Å²) in [5.74, 6) is 0.0263. The Labute approximate surface area is 143 Å². The average Bonchev–Trinajstić information content (AvgIpc) is 3.24. The zero-order valence-electron chi connectivity index (χ0n) is 13.5. The van der Waals surface area contributed by atoms with Crippen LogP contribution in [0, 0.1) is 6.92 Å². The molecule has 6 nitrogen and oxygen atoms in total. The van der Waals surface area contributed by atoms with E-state index in [0.29, 0.717) is 5.69 Å². The molecule has 1 unspecified atom stereocenters. The maximum absolute atomic E-state index is 12.8. The monoisotopic (exact) mass is 339 g/mol. The van der Waals surface area contributed by atoms with E-state index in [2.05, 4.69) is 28.3 Å². The van der Waals surface area contributed by atoms with Crippen LogP contribution in [0.1, 0.15) is 17.5 Å². The van der Waals surface area contributed by atoms with Gasteiger partial charge in [0.2, 0.25) is 5.91 Å². The largest absolute Gasteiger partial charge is 0.307 e. The Morgan fingerprint density at radius 2 is 2.17 bits per heavy atom. The number of amides is 1. The van der Waals surface area contributed by atoms with Gasteiger partial charge in [-0.25, -0.2) is 9.67 Å². The van der Waals surface area contributed by atoms with Crippen LogP contribution < -0.4 is 4.90 Å². The van der Waals surface area contributed by atoms with Crippen molar-refractivity contribution in [3.63, 3.8) is 0 Å². The second-order valence-electron chi connectivity index (χ2n) is 6.00. The highest BCUT2D eigenvalue weighted by Crippen LogP contribution is 2.32. The minimum absolute atomic E-state index is 0.0263. The van der Waals surface area contributed by atoms with Crippen molar-refractivity contribution in [1.29, 1.82) is 0 Å². The number of para-hydroxylation sites is 1. The van der Waals surface area contributed by atoms with Crippen LogP contribution >= 0.6 is 11.3 Å². The summed E-state index contributed by atoms with van der Waals surface area (Å²) in [6.45, 7) is 4.20. The third-order valence-corrected chi connectivity index (χ3v) is 4.97. The first-order valence-electron chi connectivity index (χ1n) is 7.84. The van der Waals surface area contributed by atoms with Gasteiger partial charge >= 0.3 is 0 Å². The molecule has 3 heterocycles. The molecule has 0 saturated heterocycles. The number of aryl methyl sites for hydroxylation is 1. The molecule has 1 atom stereocenters. The van der Waals surface area contributed by atoms with Crippen LogP contribution in [0.3, 0.4) is 0 Å². The van der Waals surface area contributed by atoms with Gasteiger partial charge in [0.1, 0.15) is 17.9 Å². The summed E-state index contributed by atoms with van der Waals surface area (Å²) in [5.41, 5.74) is 3.72. The molecule has 1 amide bonds. The van der Waals surface area contributed by atoms with Crippen LogP contribution in [0.15, 0.2) is 35.8 Å². The Balaban J connectivity index is 1.54. The van der Waals surface area contributed by atoms with Gasteiger partial charge in [0.25, 0.3) is 0 Å². The molecule has 2 aromatic heterocycles. The molecule has 0 bridgehead atoms. The van der Waals surface area contributed by atoms with Gasteiger partial charge in [0, 0.05) is 17.1 Å². The van der Waals surface area contributed by atoms with E-state index in [-0.39, 0.29) is 18.5 Å². The number of carbonyl (C=O) groups excluding carboxylic acids is 1. The van der Waals surface area contributed by atoms with Gasteiger partial charge in [-0.05, 0) is 31.9 Å². The molecule has 0 radical (unpaired) electrons. The molecule has 122 valence electrons. The standard InChI is InChI=1S/C17H17N5OS/c1-11-7-13-5-3-4-6-16(13)22(11)17(23)9-21-8-14(19-20-21)15-10-24-12(2)18-15/h3-6,8,10-11H,7,9H2,1-2H3. The number of benzene rings is 1. The first kappa shape index (κ1) is 15.0.